The molecule has 0 aliphatic rings. The van der Waals surface area contributed by atoms with E-state index in [1.807, 2.05) is 19.9 Å². The first kappa shape index (κ1) is 10.9. The van der Waals surface area contributed by atoms with Gasteiger partial charge in [-0.25, -0.2) is 4.98 Å². The topological polar surface area (TPSA) is 71.2 Å². The number of anilines is 1. The van der Waals surface area contributed by atoms with Gasteiger partial charge in [-0.15, -0.1) is 0 Å². The van der Waals surface area contributed by atoms with E-state index in [1.165, 1.54) is 0 Å². The van der Waals surface area contributed by atoms with Gasteiger partial charge in [-0.2, -0.15) is 0 Å². The Balaban J connectivity index is 2.99. The van der Waals surface area contributed by atoms with Gasteiger partial charge in [0, 0.05) is 17.8 Å². The van der Waals surface area contributed by atoms with Crippen LogP contribution in [0.5, 0.6) is 0 Å². The van der Waals surface area contributed by atoms with E-state index < -0.39 is 0 Å². The number of aliphatic hydroxyl groups is 1. The first-order chi connectivity index (χ1) is 6.69. The van der Waals surface area contributed by atoms with Crippen molar-refractivity contribution >= 4 is 5.82 Å². The van der Waals surface area contributed by atoms with Crippen LogP contribution in [0.15, 0.2) is 6.07 Å². The normalized spacial score (nSPS) is 10.5. The zero-order chi connectivity index (χ0) is 10.6. The van der Waals surface area contributed by atoms with Crippen molar-refractivity contribution in [3.8, 4) is 0 Å². The van der Waals surface area contributed by atoms with Gasteiger partial charge in [0.15, 0.2) is 0 Å². The predicted molar refractivity (Wildman–Crippen MR) is 56.7 cm³/mol. The molecule has 1 heterocycles. The van der Waals surface area contributed by atoms with Crippen LogP contribution in [-0.2, 0) is 13.2 Å². The Labute approximate surface area is 84.2 Å². The molecule has 4 heteroatoms. The predicted octanol–water partition coefficient (Wildman–Crippen LogP) is 0.574. The van der Waals surface area contributed by atoms with Crippen LogP contribution in [0.4, 0.5) is 5.82 Å². The van der Waals surface area contributed by atoms with E-state index in [9.17, 15) is 0 Å². The van der Waals surface area contributed by atoms with Crippen LogP contribution in [-0.4, -0.2) is 16.6 Å². The number of pyridine rings is 1. The maximum atomic E-state index is 9.16. The van der Waals surface area contributed by atoms with E-state index in [4.69, 9.17) is 10.8 Å². The molecule has 1 aromatic heterocycles. The van der Waals surface area contributed by atoms with E-state index in [1.54, 1.807) is 0 Å². The first-order valence-corrected chi connectivity index (χ1v) is 4.75. The number of hydrogen-bond acceptors (Lipinski definition) is 4. The molecular formula is C10H17N3O. The maximum absolute atomic E-state index is 9.16. The van der Waals surface area contributed by atoms with Crippen molar-refractivity contribution in [3.05, 3.63) is 22.9 Å². The number of nitrogen functional groups attached to an aromatic ring is 1. The molecule has 0 spiro atoms. The maximum Gasteiger partial charge on any atom is 0.128 e. The van der Waals surface area contributed by atoms with Crippen molar-refractivity contribution in [3.63, 3.8) is 0 Å². The third-order valence-corrected chi connectivity index (χ3v) is 2.10. The number of nitrogens with two attached hydrogens (primary N) is 1. The van der Waals surface area contributed by atoms with Gasteiger partial charge in [-0.05, 0) is 25.1 Å². The van der Waals surface area contributed by atoms with Gasteiger partial charge in [0.05, 0.1) is 6.61 Å². The van der Waals surface area contributed by atoms with E-state index >= 15 is 0 Å². The van der Waals surface area contributed by atoms with E-state index in [0.717, 1.165) is 23.4 Å². The van der Waals surface area contributed by atoms with E-state index in [0.29, 0.717) is 12.4 Å². The molecule has 0 fully saturated rings. The minimum absolute atomic E-state index is 0.00822. The molecule has 1 aromatic rings. The number of hydrogen-bond donors (Lipinski definition) is 3. The van der Waals surface area contributed by atoms with Crippen molar-refractivity contribution in [2.24, 2.45) is 0 Å². The molecule has 0 atom stereocenters. The van der Waals surface area contributed by atoms with Gasteiger partial charge in [0.2, 0.25) is 0 Å². The molecule has 0 aliphatic carbocycles. The average Bonchev–Trinajstić information content (AvgIpc) is 2.15. The second-order valence-electron chi connectivity index (χ2n) is 3.22. The zero-order valence-electron chi connectivity index (χ0n) is 8.67. The monoisotopic (exact) mass is 195 g/mol. The quantitative estimate of drug-likeness (QED) is 0.657. The van der Waals surface area contributed by atoms with Crippen molar-refractivity contribution in [1.29, 1.82) is 0 Å². The van der Waals surface area contributed by atoms with Crippen LogP contribution < -0.4 is 11.1 Å². The molecule has 14 heavy (non-hydrogen) atoms. The van der Waals surface area contributed by atoms with E-state index in [2.05, 4.69) is 10.3 Å². The zero-order valence-corrected chi connectivity index (χ0v) is 8.67. The average molecular weight is 195 g/mol. The summed E-state index contributed by atoms with van der Waals surface area (Å²) in [6.07, 6.45) is 0. The van der Waals surface area contributed by atoms with Crippen LogP contribution >= 0.6 is 0 Å². The third-order valence-electron chi connectivity index (χ3n) is 2.10. The molecule has 1 rings (SSSR count). The van der Waals surface area contributed by atoms with Crippen molar-refractivity contribution in [2.75, 3.05) is 12.3 Å². The van der Waals surface area contributed by atoms with Gasteiger partial charge in [0.1, 0.15) is 5.82 Å². The van der Waals surface area contributed by atoms with Gasteiger partial charge in [0.25, 0.3) is 0 Å². The molecule has 0 amide bonds. The summed E-state index contributed by atoms with van der Waals surface area (Å²) in [7, 11) is 0. The standard InChI is InChI=1S/C10H17N3O/c1-3-12-5-9-8(6-14)4-7(2)13-10(9)11/h4,12,14H,3,5-6H2,1-2H3,(H2,11,13). The lowest BCUT2D eigenvalue weighted by atomic mass is 10.1. The highest BCUT2D eigenvalue weighted by Gasteiger charge is 2.07. The van der Waals surface area contributed by atoms with Crippen molar-refractivity contribution < 1.29 is 5.11 Å². The van der Waals surface area contributed by atoms with Gasteiger partial charge < -0.3 is 16.2 Å². The highest BCUT2D eigenvalue weighted by Crippen LogP contribution is 2.16. The smallest absolute Gasteiger partial charge is 0.128 e. The summed E-state index contributed by atoms with van der Waals surface area (Å²) < 4.78 is 0. The Bertz CT molecular complexity index is 312. The third kappa shape index (κ3) is 2.43. The molecule has 0 aliphatic heterocycles. The lowest BCUT2D eigenvalue weighted by Crippen LogP contribution is -2.16. The van der Waals surface area contributed by atoms with Crippen molar-refractivity contribution in [1.82, 2.24) is 10.3 Å². The van der Waals surface area contributed by atoms with Crippen LogP contribution in [0.3, 0.4) is 0 Å². The summed E-state index contributed by atoms with van der Waals surface area (Å²) in [6.45, 7) is 5.43. The summed E-state index contributed by atoms with van der Waals surface area (Å²) in [4.78, 5) is 4.16. The Morgan fingerprint density at radius 1 is 1.57 bits per heavy atom. The second kappa shape index (κ2) is 4.93. The SMILES string of the molecule is CCNCc1c(CO)cc(C)nc1N. The fourth-order valence-corrected chi connectivity index (χ4v) is 1.39. The number of nitrogens with one attached hydrogen (secondary N) is 1. The number of rotatable bonds is 4. The molecule has 0 saturated carbocycles. The minimum Gasteiger partial charge on any atom is -0.392 e. The second-order valence-corrected chi connectivity index (χ2v) is 3.22. The summed E-state index contributed by atoms with van der Waals surface area (Å²) in [5.74, 6) is 0.509. The lowest BCUT2D eigenvalue weighted by molar-refractivity contribution is 0.280. The Hall–Kier alpha value is -1.13. The van der Waals surface area contributed by atoms with Crippen LogP contribution in [0, 0.1) is 6.92 Å². The number of aryl methyl sites for hydroxylation is 1. The summed E-state index contributed by atoms with van der Waals surface area (Å²) in [5, 5.41) is 12.3. The summed E-state index contributed by atoms with van der Waals surface area (Å²) >= 11 is 0. The summed E-state index contributed by atoms with van der Waals surface area (Å²) in [6, 6.07) is 1.86. The number of aromatic nitrogens is 1. The molecule has 0 unspecified atom stereocenters. The summed E-state index contributed by atoms with van der Waals surface area (Å²) in [5.41, 5.74) is 8.38. The molecule has 0 aromatic carbocycles. The van der Waals surface area contributed by atoms with E-state index in [-0.39, 0.29) is 6.61 Å². The highest BCUT2D eigenvalue weighted by atomic mass is 16.3. The molecule has 0 bridgehead atoms. The van der Waals surface area contributed by atoms with Crippen molar-refractivity contribution in [2.45, 2.75) is 27.0 Å². The molecule has 0 saturated heterocycles. The lowest BCUT2D eigenvalue weighted by Gasteiger charge is -2.11. The Kier molecular flexibility index (Phi) is 3.85. The van der Waals surface area contributed by atoms with Crippen LogP contribution in [0.2, 0.25) is 0 Å². The first-order valence-electron chi connectivity index (χ1n) is 4.75. The Morgan fingerprint density at radius 2 is 2.29 bits per heavy atom. The van der Waals surface area contributed by atoms with Gasteiger partial charge in [-0.1, -0.05) is 6.92 Å². The minimum atomic E-state index is 0.00822. The van der Waals surface area contributed by atoms with Gasteiger partial charge in [-0.3, -0.25) is 0 Å². The highest BCUT2D eigenvalue weighted by molar-refractivity contribution is 5.45. The molecule has 4 N–H and O–H groups in total. The van der Waals surface area contributed by atoms with Crippen LogP contribution in [0.25, 0.3) is 0 Å². The number of aliphatic hydroxyl groups excluding tert-OH is 1. The fraction of sp³-hybridized carbons (Fsp3) is 0.500. The molecule has 78 valence electrons. The fourth-order valence-electron chi connectivity index (χ4n) is 1.39. The molecular weight excluding hydrogens is 178 g/mol. The van der Waals surface area contributed by atoms with Gasteiger partial charge >= 0.3 is 0 Å². The molecule has 0 radical (unpaired) electrons. The molecule has 4 nitrogen and oxygen atoms in total. The van der Waals surface area contributed by atoms with Crippen LogP contribution in [0.1, 0.15) is 23.7 Å². The Morgan fingerprint density at radius 3 is 2.86 bits per heavy atom. The largest absolute Gasteiger partial charge is 0.392 e. The number of nitrogens with zero attached hydrogens (tertiary/aromatic N) is 1.